The fourth-order valence-electron chi connectivity index (χ4n) is 5.05. The number of amides is 3. The Bertz CT molecular complexity index is 782. The van der Waals surface area contributed by atoms with Gasteiger partial charge in [0, 0.05) is 10.7 Å². The van der Waals surface area contributed by atoms with Crippen molar-refractivity contribution in [2.75, 3.05) is 11.9 Å². The lowest BCUT2D eigenvalue weighted by molar-refractivity contribution is -0.142. The van der Waals surface area contributed by atoms with Crippen LogP contribution >= 0.6 is 11.6 Å². The third kappa shape index (κ3) is 2.18. The number of hydrogen-bond donors (Lipinski definition) is 1. The van der Waals surface area contributed by atoms with Crippen molar-refractivity contribution >= 4 is 35.0 Å². The summed E-state index contributed by atoms with van der Waals surface area (Å²) in [4.78, 5) is 39.1. The Morgan fingerprint density at radius 2 is 1.60 bits per heavy atom. The number of imide groups is 1. The summed E-state index contributed by atoms with van der Waals surface area (Å²) in [6.07, 6.45) is 5.39. The number of nitrogens with zero attached hydrogens (tertiary/aromatic N) is 1. The number of carbonyl (C=O) groups is 3. The molecule has 1 aromatic carbocycles. The van der Waals surface area contributed by atoms with Gasteiger partial charge in [-0.1, -0.05) is 23.8 Å². The van der Waals surface area contributed by atoms with E-state index in [2.05, 4.69) is 17.5 Å². The van der Waals surface area contributed by atoms with Crippen LogP contribution in [0.4, 0.5) is 5.69 Å². The summed E-state index contributed by atoms with van der Waals surface area (Å²) >= 11 is 5.83. The van der Waals surface area contributed by atoms with Gasteiger partial charge in [-0.15, -0.1) is 0 Å². The molecule has 1 aliphatic heterocycles. The van der Waals surface area contributed by atoms with E-state index in [1.165, 1.54) is 4.90 Å². The number of rotatable bonds is 3. The molecule has 5 aliphatic rings. The zero-order valence-corrected chi connectivity index (χ0v) is 14.1. The predicted octanol–water partition coefficient (Wildman–Crippen LogP) is 2.33. The van der Waals surface area contributed by atoms with Crippen LogP contribution in [0.3, 0.4) is 0 Å². The van der Waals surface area contributed by atoms with Gasteiger partial charge in [-0.3, -0.25) is 19.3 Å². The Balaban J connectivity index is 1.32. The van der Waals surface area contributed by atoms with Crippen molar-refractivity contribution in [1.29, 1.82) is 0 Å². The molecule has 2 bridgehead atoms. The lowest BCUT2D eigenvalue weighted by Crippen LogP contribution is -2.40. The van der Waals surface area contributed by atoms with Crippen LogP contribution in [0.25, 0.3) is 0 Å². The molecular formula is C19H17ClN2O3. The second kappa shape index (κ2) is 5.18. The summed E-state index contributed by atoms with van der Waals surface area (Å²) in [5.74, 6) is 0.266. The van der Waals surface area contributed by atoms with Crippen molar-refractivity contribution in [3.05, 3.63) is 41.4 Å². The molecule has 1 N–H and O–H groups in total. The lowest BCUT2D eigenvalue weighted by Gasteiger charge is -2.37. The molecule has 6 heteroatoms. The van der Waals surface area contributed by atoms with Crippen molar-refractivity contribution in [1.82, 2.24) is 4.90 Å². The van der Waals surface area contributed by atoms with E-state index in [-0.39, 0.29) is 47.9 Å². The van der Waals surface area contributed by atoms with Gasteiger partial charge in [-0.05, 0) is 54.4 Å². The topological polar surface area (TPSA) is 66.5 Å². The van der Waals surface area contributed by atoms with E-state index in [0.29, 0.717) is 22.5 Å². The third-order valence-electron chi connectivity index (χ3n) is 6.18. The molecule has 0 unspecified atom stereocenters. The molecule has 4 aliphatic carbocycles. The van der Waals surface area contributed by atoms with E-state index < -0.39 is 0 Å². The van der Waals surface area contributed by atoms with Crippen molar-refractivity contribution in [3.8, 4) is 0 Å². The first-order valence-corrected chi connectivity index (χ1v) is 9.01. The standard InChI is InChI=1S/C19H17ClN2O3/c20-9-1-3-10(4-2-9)21-15(23)8-22-18(24)16-11-5-6-12(14-7-13(11)14)17(16)19(22)25/h1-6,11-14,16-17H,7-8H2,(H,21,23)/t11-,12-,13-,14-,16-,17+/m1/s1. The SMILES string of the molecule is O=C(CN1C(=O)[C@@H]2[C@@H]3C=C[C@H]([C@H]4C[C@H]34)[C@@H]2C1=O)Nc1ccc(Cl)cc1. The Hall–Kier alpha value is -2.14. The Morgan fingerprint density at radius 3 is 2.16 bits per heavy atom. The van der Waals surface area contributed by atoms with Crippen LogP contribution in [-0.4, -0.2) is 29.2 Å². The molecular weight excluding hydrogens is 340 g/mol. The molecule has 3 amide bonds. The number of nitrogens with one attached hydrogen (secondary N) is 1. The van der Waals surface area contributed by atoms with Gasteiger partial charge < -0.3 is 5.32 Å². The van der Waals surface area contributed by atoms with Crippen LogP contribution in [0, 0.1) is 35.5 Å². The molecule has 0 radical (unpaired) electrons. The molecule has 6 atom stereocenters. The largest absolute Gasteiger partial charge is 0.325 e. The molecule has 0 aromatic heterocycles. The molecule has 6 rings (SSSR count). The summed E-state index contributed by atoms with van der Waals surface area (Å²) in [5, 5.41) is 3.29. The monoisotopic (exact) mass is 356 g/mol. The quantitative estimate of drug-likeness (QED) is 0.667. The smallest absolute Gasteiger partial charge is 0.244 e. The zero-order valence-electron chi connectivity index (χ0n) is 13.4. The van der Waals surface area contributed by atoms with Crippen LogP contribution in [0.15, 0.2) is 36.4 Å². The second-order valence-electron chi connectivity index (χ2n) is 7.47. The van der Waals surface area contributed by atoms with Gasteiger partial charge in [0.2, 0.25) is 17.7 Å². The summed E-state index contributed by atoms with van der Waals surface area (Å²) < 4.78 is 0. The van der Waals surface area contributed by atoms with E-state index in [1.807, 2.05) is 0 Å². The van der Waals surface area contributed by atoms with Crippen molar-refractivity contribution in [2.24, 2.45) is 35.5 Å². The lowest BCUT2D eigenvalue weighted by atomic mass is 9.63. The number of allylic oxidation sites excluding steroid dienone is 2. The average Bonchev–Trinajstić information content (AvgIpc) is 3.38. The number of benzene rings is 1. The minimum atomic E-state index is -0.367. The van der Waals surface area contributed by atoms with Gasteiger partial charge in [-0.2, -0.15) is 0 Å². The van der Waals surface area contributed by atoms with E-state index in [4.69, 9.17) is 11.6 Å². The number of halogens is 1. The normalized spacial score (nSPS) is 37.1. The first kappa shape index (κ1) is 15.1. The highest BCUT2D eigenvalue weighted by Gasteiger charge is 2.67. The number of carbonyl (C=O) groups excluding carboxylic acids is 3. The zero-order chi connectivity index (χ0) is 17.3. The Kier molecular flexibility index (Phi) is 3.14. The summed E-state index contributed by atoms with van der Waals surface area (Å²) in [6, 6.07) is 6.72. The van der Waals surface area contributed by atoms with E-state index in [9.17, 15) is 14.4 Å². The molecule has 2 saturated carbocycles. The van der Waals surface area contributed by atoms with Crippen molar-refractivity contribution in [3.63, 3.8) is 0 Å². The molecule has 3 fully saturated rings. The molecule has 5 nitrogen and oxygen atoms in total. The van der Waals surface area contributed by atoms with Gasteiger partial charge in [0.25, 0.3) is 0 Å². The highest BCUT2D eigenvalue weighted by molar-refractivity contribution is 6.30. The highest BCUT2D eigenvalue weighted by atomic mass is 35.5. The molecule has 128 valence electrons. The van der Waals surface area contributed by atoms with Gasteiger partial charge in [0.15, 0.2) is 0 Å². The first-order valence-electron chi connectivity index (χ1n) is 8.63. The molecule has 0 spiro atoms. The molecule has 1 heterocycles. The Morgan fingerprint density at radius 1 is 1.04 bits per heavy atom. The van der Waals surface area contributed by atoms with E-state index in [1.54, 1.807) is 24.3 Å². The predicted molar refractivity (Wildman–Crippen MR) is 91.5 cm³/mol. The maximum Gasteiger partial charge on any atom is 0.244 e. The fourth-order valence-corrected chi connectivity index (χ4v) is 5.18. The number of hydrogen-bond acceptors (Lipinski definition) is 3. The molecule has 1 saturated heterocycles. The van der Waals surface area contributed by atoms with Gasteiger partial charge in [0.1, 0.15) is 6.54 Å². The van der Waals surface area contributed by atoms with Crippen LogP contribution in [0.2, 0.25) is 5.02 Å². The molecule has 1 aromatic rings. The third-order valence-corrected chi connectivity index (χ3v) is 6.44. The van der Waals surface area contributed by atoms with E-state index >= 15 is 0 Å². The van der Waals surface area contributed by atoms with Gasteiger partial charge in [-0.25, -0.2) is 0 Å². The molecule has 25 heavy (non-hydrogen) atoms. The van der Waals surface area contributed by atoms with Crippen LogP contribution in [-0.2, 0) is 14.4 Å². The summed E-state index contributed by atoms with van der Waals surface area (Å²) in [5.41, 5.74) is 0.592. The second-order valence-corrected chi connectivity index (χ2v) is 7.91. The van der Waals surface area contributed by atoms with Crippen molar-refractivity contribution in [2.45, 2.75) is 6.42 Å². The van der Waals surface area contributed by atoms with Gasteiger partial charge in [0.05, 0.1) is 11.8 Å². The number of likely N-dealkylation sites (tertiary alicyclic amines) is 1. The van der Waals surface area contributed by atoms with Crippen LogP contribution in [0.5, 0.6) is 0 Å². The fraction of sp³-hybridized carbons (Fsp3) is 0.421. The minimum Gasteiger partial charge on any atom is -0.325 e. The van der Waals surface area contributed by atoms with Crippen molar-refractivity contribution < 1.29 is 14.4 Å². The maximum absolute atomic E-state index is 12.8. The highest BCUT2D eigenvalue weighted by Crippen LogP contribution is 2.65. The number of anilines is 1. The minimum absolute atomic E-state index is 0.175. The van der Waals surface area contributed by atoms with Crippen LogP contribution < -0.4 is 5.32 Å². The average molecular weight is 357 g/mol. The summed E-state index contributed by atoms with van der Waals surface area (Å²) in [6.45, 7) is -0.220. The summed E-state index contributed by atoms with van der Waals surface area (Å²) in [7, 11) is 0. The maximum atomic E-state index is 12.8. The van der Waals surface area contributed by atoms with Crippen LogP contribution in [0.1, 0.15) is 6.42 Å². The Labute approximate surface area is 150 Å². The first-order chi connectivity index (χ1) is 12.0. The van der Waals surface area contributed by atoms with E-state index in [0.717, 1.165) is 6.42 Å². The van der Waals surface area contributed by atoms with Gasteiger partial charge >= 0.3 is 0 Å².